The largest absolute Gasteiger partial charge is 0.231 e. The summed E-state index contributed by atoms with van der Waals surface area (Å²) < 4.78 is 0. The van der Waals surface area contributed by atoms with Gasteiger partial charge in [-0.15, -0.1) is 0 Å². The first-order valence-electron chi connectivity index (χ1n) is 5.02. The first kappa shape index (κ1) is 12.7. The molecule has 1 heterocycles. The van der Waals surface area contributed by atoms with Crippen LogP contribution in [0.15, 0.2) is 35.6 Å². The molecule has 2 rings (SSSR count). The van der Waals surface area contributed by atoms with Crippen molar-refractivity contribution in [1.29, 1.82) is 0 Å². The van der Waals surface area contributed by atoms with Crippen molar-refractivity contribution >= 4 is 35.0 Å². The fraction of sp³-hybridized carbons (Fsp3) is 0.167. The van der Waals surface area contributed by atoms with Crippen LogP contribution in [-0.4, -0.2) is 9.97 Å². The summed E-state index contributed by atoms with van der Waals surface area (Å²) in [5, 5.41) is 1.93. The van der Waals surface area contributed by atoms with E-state index in [1.807, 2.05) is 31.2 Å². The third kappa shape index (κ3) is 3.35. The number of hydrogen-bond acceptors (Lipinski definition) is 3. The van der Waals surface area contributed by atoms with E-state index in [-0.39, 0.29) is 0 Å². The van der Waals surface area contributed by atoms with E-state index in [4.69, 9.17) is 23.2 Å². The molecule has 0 fully saturated rings. The molecule has 0 aliphatic heterocycles. The van der Waals surface area contributed by atoms with E-state index in [2.05, 4.69) is 9.97 Å². The van der Waals surface area contributed by atoms with Crippen molar-refractivity contribution in [3.8, 4) is 0 Å². The van der Waals surface area contributed by atoms with Gasteiger partial charge in [-0.2, -0.15) is 0 Å². The molecule has 1 aromatic heterocycles. The van der Waals surface area contributed by atoms with Crippen LogP contribution in [0.3, 0.4) is 0 Å². The molecule has 17 heavy (non-hydrogen) atoms. The van der Waals surface area contributed by atoms with E-state index in [9.17, 15) is 0 Å². The molecular formula is C12H10Cl2N2S. The molecule has 0 N–H and O–H groups in total. The average Bonchev–Trinajstić information content (AvgIpc) is 2.32. The second-order valence-corrected chi connectivity index (χ2v) is 5.21. The van der Waals surface area contributed by atoms with Crippen molar-refractivity contribution in [2.45, 2.75) is 17.8 Å². The molecule has 0 amide bonds. The number of hydrogen-bond donors (Lipinski definition) is 0. The number of rotatable bonds is 3. The van der Waals surface area contributed by atoms with E-state index in [0.29, 0.717) is 10.3 Å². The Kier molecular flexibility index (Phi) is 4.26. The lowest BCUT2D eigenvalue weighted by Gasteiger charge is -2.03. The summed E-state index contributed by atoms with van der Waals surface area (Å²) in [6.45, 7) is 1.88. The Balaban J connectivity index is 2.08. The molecule has 2 aromatic rings. The molecule has 0 radical (unpaired) electrons. The van der Waals surface area contributed by atoms with E-state index < -0.39 is 0 Å². The molecule has 5 heteroatoms. The summed E-state index contributed by atoms with van der Waals surface area (Å²) in [5.41, 5.74) is 1.95. The Morgan fingerprint density at radius 3 is 2.71 bits per heavy atom. The summed E-state index contributed by atoms with van der Waals surface area (Å²) in [6, 6.07) is 7.74. The summed E-state index contributed by atoms with van der Waals surface area (Å²) in [5.74, 6) is 0.735. The molecule has 0 bridgehead atoms. The van der Waals surface area contributed by atoms with Crippen LogP contribution in [0, 0.1) is 6.92 Å². The van der Waals surface area contributed by atoms with Gasteiger partial charge in [-0.1, -0.05) is 53.2 Å². The fourth-order valence-electron chi connectivity index (χ4n) is 1.23. The number of nitrogens with zero attached hydrogens (tertiary/aromatic N) is 2. The molecular weight excluding hydrogens is 275 g/mol. The lowest BCUT2D eigenvalue weighted by Crippen LogP contribution is -1.90. The van der Waals surface area contributed by atoms with Gasteiger partial charge in [0.2, 0.25) is 0 Å². The van der Waals surface area contributed by atoms with Gasteiger partial charge in [0, 0.05) is 22.5 Å². The van der Waals surface area contributed by atoms with Gasteiger partial charge < -0.3 is 0 Å². The topological polar surface area (TPSA) is 25.8 Å². The third-order valence-corrected chi connectivity index (χ3v) is 3.86. The first-order chi connectivity index (χ1) is 8.16. The Morgan fingerprint density at radius 1 is 1.24 bits per heavy atom. The zero-order valence-corrected chi connectivity index (χ0v) is 11.5. The van der Waals surface area contributed by atoms with Crippen LogP contribution >= 0.6 is 35.0 Å². The van der Waals surface area contributed by atoms with Gasteiger partial charge in [-0.25, -0.2) is 9.97 Å². The molecule has 0 aliphatic carbocycles. The maximum Gasteiger partial charge on any atom is 0.189 e. The maximum absolute atomic E-state index is 6.07. The van der Waals surface area contributed by atoms with Crippen LogP contribution in [-0.2, 0) is 5.75 Å². The van der Waals surface area contributed by atoms with E-state index in [1.165, 1.54) is 11.8 Å². The quantitative estimate of drug-likeness (QED) is 0.475. The van der Waals surface area contributed by atoms with Crippen molar-refractivity contribution in [2.75, 3.05) is 0 Å². The molecule has 1 aromatic carbocycles. The number of thioether (sulfide) groups is 1. The minimum Gasteiger partial charge on any atom is -0.231 e. The Labute approximate surface area is 114 Å². The number of halogens is 2. The van der Waals surface area contributed by atoms with Gasteiger partial charge in [0.25, 0.3) is 0 Å². The van der Waals surface area contributed by atoms with Crippen LogP contribution in [0.4, 0.5) is 0 Å². The highest BCUT2D eigenvalue weighted by molar-refractivity contribution is 7.98. The first-order valence-corrected chi connectivity index (χ1v) is 6.76. The molecule has 0 unspecified atom stereocenters. The van der Waals surface area contributed by atoms with Gasteiger partial charge in [0.15, 0.2) is 5.16 Å². The predicted octanol–water partition coefficient (Wildman–Crippen LogP) is 4.38. The fourth-order valence-corrected chi connectivity index (χ4v) is 2.51. The smallest absolute Gasteiger partial charge is 0.189 e. The summed E-state index contributed by atoms with van der Waals surface area (Å²) >= 11 is 13.5. The molecule has 2 nitrogen and oxygen atoms in total. The highest BCUT2D eigenvalue weighted by Gasteiger charge is 2.04. The van der Waals surface area contributed by atoms with Crippen LogP contribution in [0.1, 0.15) is 11.1 Å². The van der Waals surface area contributed by atoms with Crippen molar-refractivity contribution in [3.63, 3.8) is 0 Å². The number of aromatic nitrogens is 2. The zero-order chi connectivity index (χ0) is 12.3. The number of benzene rings is 1. The Bertz CT molecular complexity index is 532. The lowest BCUT2D eigenvalue weighted by molar-refractivity contribution is 0.950. The maximum atomic E-state index is 6.07. The van der Waals surface area contributed by atoms with E-state index >= 15 is 0 Å². The van der Waals surface area contributed by atoms with E-state index in [1.54, 1.807) is 6.20 Å². The average molecular weight is 285 g/mol. The van der Waals surface area contributed by atoms with Gasteiger partial charge >= 0.3 is 0 Å². The molecule has 0 spiro atoms. The second-order valence-electron chi connectivity index (χ2n) is 3.51. The van der Waals surface area contributed by atoms with Crippen LogP contribution in [0.5, 0.6) is 0 Å². The molecule has 0 aliphatic rings. The Morgan fingerprint density at radius 2 is 2.00 bits per heavy atom. The second kappa shape index (κ2) is 5.71. The molecule has 88 valence electrons. The van der Waals surface area contributed by atoms with Crippen LogP contribution < -0.4 is 0 Å². The highest BCUT2D eigenvalue weighted by atomic mass is 35.5. The predicted molar refractivity (Wildman–Crippen MR) is 72.8 cm³/mol. The SMILES string of the molecule is Cc1cnc(SCc2ccccc2Cl)nc1Cl. The molecule has 0 saturated heterocycles. The monoisotopic (exact) mass is 284 g/mol. The van der Waals surface area contributed by atoms with E-state index in [0.717, 1.165) is 21.9 Å². The summed E-state index contributed by atoms with van der Waals surface area (Å²) in [7, 11) is 0. The summed E-state index contributed by atoms with van der Waals surface area (Å²) in [4.78, 5) is 8.40. The van der Waals surface area contributed by atoms with Gasteiger partial charge in [0.1, 0.15) is 5.15 Å². The lowest BCUT2D eigenvalue weighted by atomic mass is 10.2. The highest BCUT2D eigenvalue weighted by Crippen LogP contribution is 2.25. The third-order valence-electron chi connectivity index (χ3n) is 2.20. The van der Waals surface area contributed by atoms with Crippen LogP contribution in [0.25, 0.3) is 0 Å². The molecule has 0 saturated carbocycles. The van der Waals surface area contributed by atoms with Gasteiger partial charge in [-0.3, -0.25) is 0 Å². The minimum absolute atomic E-state index is 0.502. The van der Waals surface area contributed by atoms with Crippen LogP contribution in [0.2, 0.25) is 10.2 Å². The standard InChI is InChI=1S/C12H10Cl2N2S/c1-8-6-15-12(16-11(8)14)17-7-9-4-2-3-5-10(9)13/h2-6H,7H2,1H3. The zero-order valence-electron chi connectivity index (χ0n) is 9.15. The van der Waals surface area contributed by atoms with Gasteiger partial charge in [-0.05, 0) is 18.6 Å². The van der Waals surface area contributed by atoms with Gasteiger partial charge in [0.05, 0.1) is 0 Å². The Hall–Kier alpha value is -0.770. The molecule has 0 atom stereocenters. The normalized spacial score (nSPS) is 10.5. The number of aryl methyl sites for hydroxylation is 1. The summed E-state index contributed by atoms with van der Waals surface area (Å²) in [6.07, 6.45) is 1.73. The van der Waals surface area contributed by atoms with Crippen molar-refractivity contribution in [3.05, 3.63) is 51.8 Å². The minimum atomic E-state index is 0.502. The van der Waals surface area contributed by atoms with Crippen molar-refractivity contribution < 1.29 is 0 Å². The van der Waals surface area contributed by atoms with Crippen molar-refractivity contribution in [2.24, 2.45) is 0 Å². The van der Waals surface area contributed by atoms with Crippen molar-refractivity contribution in [1.82, 2.24) is 9.97 Å².